The lowest BCUT2D eigenvalue weighted by atomic mass is 9.96. The first-order chi connectivity index (χ1) is 13.0. The van der Waals surface area contributed by atoms with Crippen molar-refractivity contribution >= 4 is 11.8 Å². The lowest BCUT2D eigenvalue weighted by Gasteiger charge is -2.30. The molecule has 2 amide bonds. The van der Waals surface area contributed by atoms with Crippen LogP contribution >= 0.6 is 0 Å². The Morgan fingerprint density at radius 2 is 1.78 bits per heavy atom. The van der Waals surface area contributed by atoms with Crippen LogP contribution in [0, 0.1) is 11.7 Å². The van der Waals surface area contributed by atoms with E-state index in [9.17, 15) is 14.0 Å². The van der Waals surface area contributed by atoms with Crippen molar-refractivity contribution in [3.05, 3.63) is 35.6 Å². The van der Waals surface area contributed by atoms with Gasteiger partial charge in [0.05, 0.1) is 0 Å². The van der Waals surface area contributed by atoms with Crippen LogP contribution in [0.15, 0.2) is 24.3 Å². The minimum atomic E-state index is -0.381. The number of carbonyl (C=O) groups is 2. The second-order valence-corrected chi connectivity index (χ2v) is 7.80. The predicted molar refractivity (Wildman–Crippen MR) is 102 cm³/mol. The van der Waals surface area contributed by atoms with Gasteiger partial charge in [-0.2, -0.15) is 0 Å². The number of rotatable bonds is 5. The molecule has 1 aliphatic heterocycles. The van der Waals surface area contributed by atoms with Crippen LogP contribution in [0.4, 0.5) is 4.39 Å². The molecule has 1 unspecified atom stereocenters. The van der Waals surface area contributed by atoms with Crippen molar-refractivity contribution in [2.75, 3.05) is 26.2 Å². The van der Waals surface area contributed by atoms with Crippen molar-refractivity contribution < 1.29 is 14.0 Å². The minimum absolute atomic E-state index is 0.0701. The van der Waals surface area contributed by atoms with Gasteiger partial charge in [-0.1, -0.05) is 25.0 Å². The fraction of sp³-hybridized carbons (Fsp3) is 0.619. The molecule has 148 valence electrons. The zero-order valence-electron chi connectivity index (χ0n) is 16.1. The summed E-state index contributed by atoms with van der Waals surface area (Å²) in [5.41, 5.74) is 1.08. The van der Waals surface area contributed by atoms with Crippen LogP contribution in [-0.4, -0.2) is 53.8 Å². The minimum Gasteiger partial charge on any atom is -0.344 e. The molecule has 1 aliphatic carbocycles. The SMILES string of the molecule is CC(=O)NC(C(=O)N1CCCN(Cc2ccc(F)cc2)CC1)C1CCCC1. The Bertz CT molecular complexity index is 643. The molecule has 0 bridgehead atoms. The van der Waals surface area contributed by atoms with Crippen LogP contribution in [-0.2, 0) is 16.1 Å². The summed E-state index contributed by atoms with van der Waals surface area (Å²) in [6.07, 6.45) is 5.21. The average molecular weight is 375 g/mol. The highest BCUT2D eigenvalue weighted by atomic mass is 19.1. The van der Waals surface area contributed by atoms with Crippen LogP contribution in [0.1, 0.15) is 44.6 Å². The summed E-state index contributed by atoms with van der Waals surface area (Å²) in [6, 6.07) is 6.23. The number of nitrogens with zero attached hydrogens (tertiary/aromatic N) is 2. The molecule has 1 saturated carbocycles. The van der Waals surface area contributed by atoms with E-state index in [0.717, 1.165) is 63.8 Å². The van der Waals surface area contributed by atoms with Gasteiger partial charge in [-0.3, -0.25) is 14.5 Å². The number of amides is 2. The zero-order chi connectivity index (χ0) is 19.2. The molecule has 6 heteroatoms. The molecule has 1 heterocycles. The first-order valence-electron chi connectivity index (χ1n) is 10.1. The van der Waals surface area contributed by atoms with Crippen LogP contribution in [0.5, 0.6) is 0 Å². The Morgan fingerprint density at radius 3 is 2.44 bits per heavy atom. The van der Waals surface area contributed by atoms with Gasteiger partial charge in [0.1, 0.15) is 11.9 Å². The second-order valence-electron chi connectivity index (χ2n) is 7.80. The van der Waals surface area contributed by atoms with E-state index >= 15 is 0 Å². The van der Waals surface area contributed by atoms with E-state index in [4.69, 9.17) is 0 Å². The van der Waals surface area contributed by atoms with E-state index in [2.05, 4.69) is 10.2 Å². The summed E-state index contributed by atoms with van der Waals surface area (Å²) in [5.74, 6) is -0.0176. The molecule has 0 spiro atoms. The van der Waals surface area contributed by atoms with E-state index in [0.29, 0.717) is 6.54 Å². The van der Waals surface area contributed by atoms with Gasteiger partial charge in [-0.25, -0.2) is 4.39 Å². The summed E-state index contributed by atoms with van der Waals surface area (Å²) in [6.45, 7) is 5.35. The van der Waals surface area contributed by atoms with E-state index in [-0.39, 0.29) is 29.6 Å². The number of nitrogens with one attached hydrogen (secondary N) is 1. The Hall–Kier alpha value is -1.95. The molecule has 2 fully saturated rings. The van der Waals surface area contributed by atoms with Crippen molar-refractivity contribution in [3.8, 4) is 0 Å². The van der Waals surface area contributed by atoms with Gasteiger partial charge in [0.15, 0.2) is 0 Å². The van der Waals surface area contributed by atoms with Gasteiger partial charge >= 0.3 is 0 Å². The van der Waals surface area contributed by atoms with Crippen molar-refractivity contribution in [3.63, 3.8) is 0 Å². The van der Waals surface area contributed by atoms with Gasteiger partial charge in [0.2, 0.25) is 11.8 Å². The number of hydrogen-bond donors (Lipinski definition) is 1. The highest BCUT2D eigenvalue weighted by Crippen LogP contribution is 2.29. The maximum atomic E-state index is 13.1. The van der Waals surface area contributed by atoms with Gasteiger partial charge < -0.3 is 10.2 Å². The van der Waals surface area contributed by atoms with E-state index in [1.807, 2.05) is 17.0 Å². The molecule has 1 N–H and O–H groups in total. The Labute approximate surface area is 160 Å². The van der Waals surface area contributed by atoms with Crippen LogP contribution in [0.2, 0.25) is 0 Å². The summed E-state index contributed by atoms with van der Waals surface area (Å²) in [4.78, 5) is 29.0. The maximum absolute atomic E-state index is 13.1. The maximum Gasteiger partial charge on any atom is 0.245 e. The average Bonchev–Trinajstić information content (AvgIpc) is 3.08. The molecule has 2 aliphatic rings. The van der Waals surface area contributed by atoms with Crippen molar-refractivity contribution in [1.82, 2.24) is 15.1 Å². The molecule has 5 nitrogen and oxygen atoms in total. The molecule has 3 rings (SSSR count). The third-order valence-corrected chi connectivity index (χ3v) is 5.72. The van der Waals surface area contributed by atoms with Gasteiger partial charge in [-0.15, -0.1) is 0 Å². The van der Waals surface area contributed by atoms with E-state index < -0.39 is 0 Å². The summed E-state index contributed by atoms with van der Waals surface area (Å²) in [7, 11) is 0. The van der Waals surface area contributed by atoms with Crippen LogP contribution < -0.4 is 5.32 Å². The first kappa shape index (κ1) is 19.8. The Kier molecular flexibility index (Phi) is 6.83. The standard InChI is InChI=1S/C21H30FN3O2/c1-16(26)23-20(18-5-2-3-6-18)21(27)25-12-4-11-24(13-14-25)15-17-7-9-19(22)10-8-17/h7-10,18,20H,2-6,11-15H2,1H3,(H,23,26). The highest BCUT2D eigenvalue weighted by molar-refractivity contribution is 5.87. The molecular weight excluding hydrogens is 345 g/mol. The largest absolute Gasteiger partial charge is 0.344 e. The number of halogens is 1. The molecule has 27 heavy (non-hydrogen) atoms. The zero-order valence-corrected chi connectivity index (χ0v) is 16.1. The second kappa shape index (κ2) is 9.31. The highest BCUT2D eigenvalue weighted by Gasteiger charge is 2.34. The third kappa shape index (κ3) is 5.51. The molecule has 1 atom stereocenters. The molecule has 0 radical (unpaired) electrons. The van der Waals surface area contributed by atoms with Crippen LogP contribution in [0.3, 0.4) is 0 Å². The number of hydrogen-bond acceptors (Lipinski definition) is 3. The normalized spacial score (nSPS) is 20.3. The number of carbonyl (C=O) groups excluding carboxylic acids is 2. The summed E-state index contributed by atoms with van der Waals surface area (Å²) in [5, 5.41) is 2.92. The lowest BCUT2D eigenvalue weighted by molar-refractivity contribution is -0.137. The lowest BCUT2D eigenvalue weighted by Crippen LogP contribution is -2.52. The van der Waals surface area contributed by atoms with Gasteiger partial charge in [0, 0.05) is 39.6 Å². The Morgan fingerprint density at radius 1 is 1.07 bits per heavy atom. The summed E-state index contributed by atoms with van der Waals surface area (Å²) >= 11 is 0. The molecule has 1 saturated heterocycles. The van der Waals surface area contributed by atoms with Crippen molar-refractivity contribution in [1.29, 1.82) is 0 Å². The fourth-order valence-corrected chi connectivity index (χ4v) is 4.29. The van der Waals surface area contributed by atoms with E-state index in [1.54, 1.807) is 0 Å². The number of benzene rings is 1. The molecule has 0 aromatic heterocycles. The van der Waals surface area contributed by atoms with E-state index in [1.165, 1.54) is 19.1 Å². The topological polar surface area (TPSA) is 52.7 Å². The first-order valence-corrected chi connectivity index (χ1v) is 10.1. The fourth-order valence-electron chi connectivity index (χ4n) is 4.29. The molecular formula is C21H30FN3O2. The van der Waals surface area contributed by atoms with Crippen molar-refractivity contribution in [2.24, 2.45) is 5.92 Å². The van der Waals surface area contributed by atoms with Crippen molar-refractivity contribution in [2.45, 2.75) is 51.6 Å². The molecule has 1 aromatic rings. The Balaban J connectivity index is 1.59. The summed E-state index contributed by atoms with van der Waals surface area (Å²) < 4.78 is 13.1. The predicted octanol–water partition coefficient (Wildman–Crippen LogP) is 2.55. The molecule has 1 aromatic carbocycles. The monoisotopic (exact) mass is 375 g/mol. The van der Waals surface area contributed by atoms with Gasteiger partial charge in [-0.05, 0) is 42.9 Å². The van der Waals surface area contributed by atoms with Gasteiger partial charge in [0.25, 0.3) is 0 Å². The third-order valence-electron chi connectivity index (χ3n) is 5.72. The smallest absolute Gasteiger partial charge is 0.245 e. The van der Waals surface area contributed by atoms with Crippen LogP contribution in [0.25, 0.3) is 0 Å². The quantitative estimate of drug-likeness (QED) is 0.861.